The summed E-state index contributed by atoms with van der Waals surface area (Å²) in [5.41, 5.74) is 0. The summed E-state index contributed by atoms with van der Waals surface area (Å²) in [6.45, 7) is 0.500. The zero-order valence-electron chi connectivity index (χ0n) is 5.02. The van der Waals surface area contributed by atoms with Gasteiger partial charge in [-0.05, 0) is 0 Å². The number of ether oxygens (including phenoxy) is 1. The molecule has 1 unspecified atom stereocenters. The summed E-state index contributed by atoms with van der Waals surface area (Å²) < 4.78 is 33.0. The molecule has 1 aliphatic rings. The molecule has 1 fully saturated rings. The van der Waals surface area contributed by atoms with Crippen molar-refractivity contribution in [3.8, 4) is 0 Å². The lowest BCUT2D eigenvalue weighted by Crippen LogP contribution is -2.16. The van der Waals surface area contributed by atoms with Gasteiger partial charge in [-0.25, -0.2) is 4.18 Å². The summed E-state index contributed by atoms with van der Waals surface area (Å²) >= 11 is 0. The van der Waals surface area contributed by atoms with Gasteiger partial charge < -0.3 is 4.74 Å². The number of rotatable bonds is 4. The van der Waals surface area contributed by atoms with E-state index in [-0.39, 0.29) is 12.7 Å². The Labute approximate surface area is 58.1 Å². The van der Waals surface area contributed by atoms with E-state index in [9.17, 15) is 8.42 Å². The van der Waals surface area contributed by atoms with Gasteiger partial charge in [-0.3, -0.25) is 0 Å². The van der Waals surface area contributed by atoms with Crippen LogP contribution in [-0.2, 0) is 23.6 Å². The Hall–Kier alpha value is -0.210. The molecule has 0 spiro atoms. The van der Waals surface area contributed by atoms with Crippen molar-refractivity contribution in [1.82, 2.24) is 0 Å². The molecule has 1 heterocycles. The highest BCUT2D eigenvalue weighted by Crippen LogP contribution is 2.09. The summed E-state index contributed by atoms with van der Waals surface area (Å²) in [7, 11) is -3.98. The highest BCUT2D eigenvalue weighted by atomic mass is 32.3. The Balaban J connectivity index is 2.22. The van der Waals surface area contributed by atoms with Crippen LogP contribution in [0.1, 0.15) is 0 Å². The van der Waals surface area contributed by atoms with Crippen LogP contribution < -0.4 is 5.90 Å². The van der Waals surface area contributed by atoms with Crippen molar-refractivity contribution in [2.45, 2.75) is 6.10 Å². The van der Waals surface area contributed by atoms with Crippen molar-refractivity contribution in [1.29, 1.82) is 0 Å². The fourth-order valence-electron chi connectivity index (χ4n) is 0.351. The molecule has 1 rings (SSSR count). The molecule has 0 radical (unpaired) electrons. The van der Waals surface area contributed by atoms with Gasteiger partial charge in [0.1, 0.15) is 6.10 Å². The van der Waals surface area contributed by atoms with Crippen molar-refractivity contribution < 1.29 is 21.6 Å². The molecule has 0 saturated carbocycles. The number of hydrogen-bond donors (Lipinski definition) is 1. The van der Waals surface area contributed by atoms with Crippen molar-refractivity contribution in [2.24, 2.45) is 5.90 Å². The lowest BCUT2D eigenvalue weighted by molar-refractivity contribution is 0.201. The highest BCUT2D eigenvalue weighted by molar-refractivity contribution is 7.81. The minimum absolute atomic E-state index is 0.0282. The van der Waals surface area contributed by atoms with E-state index in [4.69, 9.17) is 0 Å². The van der Waals surface area contributed by atoms with E-state index in [0.717, 1.165) is 0 Å². The van der Waals surface area contributed by atoms with E-state index in [1.54, 1.807) is 0 Å². The van der Waals surface area contributed by atoms with Gasteiger partial charge in [-0.2, -0.15) is 18.6 Å². The van der Waals surface area contributed by atoms with Crippen LogP contribution in [0.25, 0.3) is 0 Å². The molecule has 1 atom stereocenters. The molecule has 0 aliphatic carbocycles. The van der Waals surface area contributed by atoms with E-state index in [1.807, 2.05) is 0 Å². The summed E-state index contributed by atoms with van der Waals surface area (Å²) in [4.78, 5) is 0. The second kappa shape index (κ2) is 2.81. The smallest absolute Gasteiger partial charge is 0.371 e. The topological polar surface area (TPSA) is 91.2 Å². The Morgan fingerprint density at radius 2 is 2.30 bits per heavy atom. The molecule has 0 amide bonds. The number of nitrogens with two attached hydrogens (primary N) is 1. The first-order valence-corrected chi connectivity index (χ1v) is 3.87. The Morgan fingerprint density at radius 3 is 2.70 bits per heavy atom. The van der Waals surface area contributed by atoms with Gasteiger partial charge in [0.05, 0.1) is 13.2 Å². The zero-order valence-corrected chi connectivity index (χ0v) is 5.83. The van der Waals surface area contributed by atoms with E-state index in [2.05, 4.69) is 19.1 Å². The average Bonchev–Trinajstić information content (AvgIpc) is 2.66. The van der Waals surface area contributed by atoms with Crippen LogP contribution in [0.15, 0.2) is 0 Å². The van der Waals surface area contributed by atoms with Gasteiger partial charge >= 0.3 is 10.4 Å². The highest BCUT2D eigenvalue weighted by Gasteiger charge is 2.25. The molecule has 60 valence electrons. The first-order valence-electron chi connectivity index (χ1n) is 2.53. The fraction of sp³-hybridized carbons (Fsp3) is 1.00. The molecule has 0 aromatic heterocycles. The van der Waals surface area contributed by atoms with E-state index in [1.165, 1.54) is 0 Å². The predicted octanol–water partition coefficient (Wildman–Crippen LogP) is -1.46. The van der Waals surface area contributed by atoms with Crippen LogP contribution in [0.3, 0.4) is 0 Å². The molecule has 0 bridgehead atoms. The zero-order chi connectivity index (χ0) is 7.61. The third-order valence-electron chi connectivity index (χ3n) is 0.918. The second-order valence-corrected chi connectivity index (χ2v) is 2.99. The lowest BCUT2D eigenvalue weighted by atomic mass is 10.5. The molecule has 7 heteroatoms. The van der Waals surface area contributed by atoms with E-state index >= 15 is 0 Å². The molecule has 0 aromatic carbocycles. The maximum Gasteiger partial charge on any atom is 0.415 e. The Kier molecular flexibility index (Phi) is 2.21. The van der Waals surface area contributed by atoms with Gasteiger partial charge in [0.25, 0.3) is 0 Å². The third-order valence-corrected chi connectivity index (χ3v) is 1.58. The number of hydrogen-bond acceptors (Lipinski definition) is 6. The molecule has 0 aromatic rings. The first-order chi connectivity index (χ1) is 4.64. The van der Waals surface area contributed by atoms with Gasteiger partial charge in [-0.15, -0.1) is 0 Å². The molecule has 1 aliphatic heterocycles. The monoisotopic (exact) mass is 169 g/mol. The first kappa shape index (κ1) is 7.89. The molecular weight excluding hydrogens is 162 g/mol. The van der Waals surface area contributed by atoms with Crippen LogP contribution in [0.4, 0.5) is 0 Å². The maximum absolute atomic E-state index is 10.3. The Bertz CT molecular complexity index is 195. The van der Waals surface area contributed by atoms with Crippen molar-refractivity contribution in [3.05, 3.63) is 0 Å². The molecule has 2 N–H and O–H groups in total. The van der Waals surface area contributed by atoms with Crippen LogP contribution in [0, 0.1) is 0 Å². The van der Waals surface area contributed by atoms with Gasteiger partial charge in [0.15, 0.2) is 0 Å². The second-order valence-electron chi connectivity index (χ2n) is 1.74. The Morgan fingerprint density at radius 1 is 1.70 bits per heavy atom. The molecule has 10 heavy (non-hydrogen) atoms. The van der Waals surface area contributed by atoms with Gasteiger partial charge in [-0.1, -0.05) is 0 Å². The minimum atomic E-state index is -3.98. The molecular formula is C3H7NO5S. The summed E-state index contributed by atoms with van der Waals surface area (Å²) in [6, 6.07) is 0. The SMILES string of the molecule is NOS(=O)(=O)OCC1CO1. The minimum Gasteiger partial charge on any atom is -0.371 e. The van der Waals surface area contributed by atoms with Gasteiger partial charge in [0, 0.05) is 0 Å². The van der Waals surface area contributed by atoms with E-state index < -0.39 is 10.4 Å². The maximum atomic E-state index is 10.3. The molecule has 6 nitrogen and oxygen atoms in total. The van der Waals surface area contributed by atoms with Crippen LogP contribution in [0.5, 0.6) is 0 Å². The molecule has 1 saturated heterocycles. The van der Waals surface area contributed by atoms with Crippen LogP contribution in [-0.4, -0.2) is 27.7 Å². The van der Waals surface area contributed by atoms with E-state index in [0.29, 0.717) is 6.61 Å². The van der Waals surface area contributed by atoms with Crippen molar-refractivity contribution >= 4 is 10.4 Å². The average molecular weight is 169 g/mol. The van der Waals surface area contributed by atoms with Crippen LogP contribution in [0.2, 0.25) is 0 Å². The largest absolute Gasteiger partial charge is 0.415 e. The summed E-state index contributed by atoms with van der Waals surface area (Å²) in [5, 5.41) is 0. The van der Waals surface area contributed by atoms with Crippen LogP contribution >= 0.6 is 0 Å². The normalized spacial score (nSPS) is 24.7. The van der Waals surface area contributed by atoms with Crippen molar-refractivity contribution in [3.63, 3.8) is 0 Å². The number of epoxide rings is 1. The van der Waals surface area contributed by atoms with Gasteiger partial charge in [0.2, 0.25) is 0 Å². The fourth-order valence-corrected chi connectivity index (χ4v) is 0.725. The summed E-state index contributed by atoms with van der Waals surface area (Å²) in [5.74, 6) is 4.36. The lowest BCUT2D eigenvalue weighted by Gasteiger charge is -1.97. The quantitative estimate of drug-likeness (QED) is 0.408. The summed E-state index contributed by atoms with van der Waals surface area (Å²) in [6.07, 6.45) is -0.120. The standard InChI is InChI=1S/C3H7NO5S/c4-9-10(5,6)8-2-3-1-7-3/h3H,1-2,4H2. The predicted molar refractivity (Wildman–Crippen MR) is 29.9 cm³/mol. The third kappa shape index (κ3) is 2.58. The van der Waals surface area contributed by atoms with Crippen molar-refractivity contribution in [2.75, 3.05) is 13.2 Å².